The van der Waals surface area contributed by atoms with Crippen LogP contribution in [0.15, 0.2) is 12.8 Å². The van der Waals surface area contributed by atoms with Gasteiger partial charge in [-0.25, -0.2) is 0 Å². The molecule has 3 heteroatoms. The molecule has 0 atom stereocenters. The largest absolute Gasteiger partial charge is 0.373 e. The Balaban J connectivity index is 0. The van der Waals surface area contributed by atoms with Crippen LogP contribution in [-0.4, -0.2) is 6.15 Å². The molecular weight excluding hydrogens is 84.0 g/mol. The number of hydrogen-bond donors (Lipinski definition) is 0. The summed E-state index contributed by atoms with van der Waals surface area (Å²) in [5.74, 6) is 0. The molecule has 0 saturated heterocycles. The van der Waals surface area contributed by atoms with Gasteiger partial charge in [-0.1, -0.05) is 6.58 Å². The van der Waals surface area contributed by atoms with E-state index >= 15 is 0 Å². The molecule has 0 heterocycles. The van der Waals surface area contributed by atoms with Crippen molar-refractivity contribution in [3.8, 4) is 0 Å². The molecule has 0 bridgehead atoms. The van der Waals surface area contributed by atoms with Crippen LogP contribution in [0.3, 0.4) is 0 Å². The van der Waals surface area contributed by atoms with Crippen LogP contribution in [0.25, 0.3) is 0 Å². The second kappa shape index (κ2) is 39.5. The molecule has 3 nitrogen and oxygen atoms in total. The first-order valence-corrected chi connectivity index (χ1v) is 1.05. The minimum atomic E-state index is 0.250. The van der Waals surface area contributed by atoms with E-state index < -0.39 is 0 Å². The van der Waals surface area contributed by atoms with E-state index in [0.717, 1.165) is 0 Å². The van der Waals surface area contributed by atoms with E-state index in [1.807, 2.05) is 0 Å². The Labute approximate surface area is 34.9 Å². The van der Waals surface area contributed by atoms with Gasteiger partial charge in [-0.15, -0.1) is 0 Å². The summed E-state index contributed by atoms with van der Waals surface area (Å²) in [6, 6.07) is 0. The third-order valence-corrected chi connectivity index (χ3v) is 0. The average molecular weight is 87.1 g/mol. The van der Waals surface area contributed by atoms with Gasteiger partial charge in [0.05, 0.1) is 0 Å². The first-order valence-electron chi connectivity index (χ1n) is 1.05. The average Bonchev–Trinajstić information content (AvgIpc) is 1.39. The van der Waals surface area contributed by atoms with E-state index in [1.54, 1.807) is 0 Å². The predicted molar refractivity (Wildman–Crippen MR) is 15.9 cm³/mol. The van der Waals surface area contributed by atoms with Crippen LogP contribution in [0, 0.1) is 0 Å². The fourth-order valence-corrected chi connectivity index (χ4v) is 0. The summed E-state index contributed by atoms with van der Waals surface area (Å²) < 4.78 is 0. The van der Waals surface area contributed by atoms with Gasteiger partial charge in [0.15, 0.2) is 0 Å². The van der Waals surface area contributed by atoms with Gasteiger partial charge in [-0.3, -0.25) is 5.11 Å². The summed E-state index contributed by atoms with van der Waals surface area (Å²) in [5, 5.41) is 8.69. The summed E-state index contributed by atoms with van der Waals surface area (Å²) in [4.78, 5) is 16.2. The second-order valence-electron chi connectivity index (χ2n) is 0.250. The van der Waals surface area contributed by atoms with Gasteiger partial charge in [-0.2, -0.15) is 9.59 Å². The molecule has 0 aliphatic heterocycles. The van der Waals surface area contributed by atoms with Crippen LogP contribution in [0.5, 0.6) is 0 Å². The maximum Gasteiger partial charge on any atom is 0.373 e. The van der Waals surface area contributed by atoms with Crippen molar-refractivity contribution in [2.24, 2.45) is 0 Å². The van der Waals surface area contributed by atoms with Crippen molar-refractivity contribution in [3.63, 3.8) is 0 Å². The number of hydrogen-bond acceptors (Lipinski definition) is 2. The number of carbonyl (C=O) groups excluding carboxylic acids is 2. The molecule has 0 fully saturated rings. The normalized spacial score (nSPS) is 3.33. The maximum atomic E-state index is 8.69. The summed E-state index contributed by atoms with van der Waals surface area (Å²) in [7, 11) is 0. The standard InChI is InChI=1S/C2H3O.CO2/c1-2-3;2-1-3/h2H,1H2;. The van der Waals surface area contributed by atoms with E-state index in [2.05, 4.69) is 6.58 Å². The Morgan fingerprint density at radius 2 is 1.50 bits per heavy atom. The topological polar surface area (TPSA) is 54.0 Å². The van der Waals surface area contributed by atoms with E-state index in [9.17, 15) is 0 Å². The molecule has 0 unspecified atom stereocenters. The maximum absolute atomic E-state index is 8.69. The van der Waals surface area contributed by atoms with Crippen LogP contribution >= 0.6 is 0 Å². The SMILES string of the molecule is C=C[O].O=C=O. The highest BCUT2D eigenvalue weighted by atomic mass is 16.2. The fourth-order valence-electron chi connectivity index (χ4n) is 0. The molecule has 0 aromatic carbocycles. The zero-order valence-electron chi connectivity index (χ0n) is 3.01. The Morgan fingerprint density at radius 3 is 1.50 bits per heavy atom. The highest BCUT2D eigenvalue weighted by molar-refractivity contribution is 5.20. The van der Waals surface area contributed by atoms with Crippen molar-refractivity contribution in [2.75, 3.05) is 0 Å². The van der Waals surface area contributed by atoms with Crippen molar-refractivity contribution in [3.05, 3.63) is 12.8 Å². The molecule has 0 spiro atoms. The summed E-state index contributed by atoms with van der Waals surface area (Å²) in [6.45, 7) is 2.81. The smallest absolute Gasteiger partial charge is 0.299 e. The monoisotopic (exact) mass is 87.0 g/mol. The van der Waals surface area contributed by atoms with E-state index in [0.29, 0.717) is 6.26 Å². The van der Waals surface area contributed by atoms with Crippen LogP contribution in [0.1, 0.15) is 0 Å². The summed E-state index contributed by atoms with van der Waals surface area (Å²) >= 11 is 0. The molecule has 0 saturated carbocycles. The third kappa shape index (κ3) is 9.23. The molecule has 0 rings (SSSR count). The Morgan fingerprint density at radius 1 is 1.50 bits per heavy atom. The molecule has 1 radical (unpaired) electrons. The summed E-state index contributed by atoms with van der Waals surface area (Å²) in [5.41, 5.74) is 0. The molecular formula is C3H3O3. The van der Waals surface area contributed by atoms with Gasteiger partial charge in [0.25, 0.3) is 0 Å². The first kappa shape index (κ1) is 8.87. The molecule has 0 aromatic heterocycles. The molecule has 0 aliphatic rings. The van der Waals surface area contributed by atoms with Crippen LogP contribution in [-0.2, 0) is 14.7 Å². The molecule has 0 aliphatic carbocycles. The minimum absolute atomic E-state index is 0.250. The molecule has 6 heavy (non-hydrogen) atoms. The Kier molecular flexibility index (Phi) is 58.4. The van der Waals surface area contributed by atoms with Gasteiger partial charge < -0.3 is 0 Å². The van der Waals surface area contributed by atoms with Gasteiger partial charge >= 0.3 is 6.15 Å². The zero-order chi connectivity index (χ0) is 5.41. The highest BCUT2D eigenvalue weighted by Crippen LogP contribution is 1.30. The van der Waals surface area contributed by atoms with Crippen LogP contribution in [0.2, 0.25) is 0 Å². The van der Waals surface area contributed by atoms with Gasteiger partial charge in [-0.05, 0) is 0 Å². The van der Waals surface area contributed by atoms with Crippen molar-refractivity contribution in [1.29, 1.82) is 0 Å². The molecule has 0 amide bonds. The lowest BCUT2D eigenvalue weighted by atomic mass is 11.2. The fraction of sp³-hybridized carbons (Fsp3) is 0. The van der Waals surface area contributed by atoms with Crippen molar-refractivity contribution < 1.29 is 14.7 Å². The van der Waals surface area contributed by atoms with E-state index in [-0.39, 0.29) is 6.15 Å². The van der Waals surface area contributed by atoms with Crippen molar-refractivity contribution in [2.45, 2.75) is 0 Å². The minimum Gasteiger partial charge on any atom is -0.299 e. The van der Waals surface area contributed by atoms with Crippen molar-refractivity contribution >= 4 is 6.15 Å². The van der Waals surface area contributed by atoms with Crippen LogP contribution in [0.4, 0.5) is 0 Å². The summed E-state index contributed by atoms with van der Waals surface area (Å²) in [6.07, 6.45) is 0.750. The second-order valence-corrected chi connectivity index (χ2v) is 0.250. The molecule has 33 valence electrons. The highest BCUT2D eigenvalue weighted by Gasteiger charge is 1.20. The van der Waals surface area contributed by atoms with E-state index in [4.69, 9.17) is 14.7 Å². The van der Waals surface area contributed by atoms with Crippen LogP contribution < -0.4 is 0 Å². The Bertz CT molecular complexity index is 51.1. The number of rotatable bonds is 0. The van der Waals surface area contributed by atoms with Gasteiger partial charge in [0.2, 0.25) is 0 Å². The first-order chi connectivity index (χ1) is 2.83. The van der Waals surface area contributed by atoms with E-state index in [1.165, 1.54) is 0 Å². The van der Waals surface area contributed by atoms with Gasteiger partial charge in [0.1, 0.15) is 6.26 Å². The third-order valence-electron chi connectivity index (χ3n) is 0. The lowest BCUT2D eigenvalue weighted by Gasteiger charge is -1.29. The van der Waals surface area contributed by atoms with Crippen molar-refractivity contribution in [1.82, 2.24) is 0 Å². The molecule has 0 aromatic rings. The lowest BCUT2D eigenvalue weighted by molar-refractivity contribution is -0.191. The quantitative estimate of drug-likeness (QED) is 0.390. The molecule has 0 N–H and O–H groups in total. The van der Waals surface area contributed by atoms with Gasteiger partial charge in [0, 0.05) is 0 Å². The Hall–Kier alpha value is -1.08. The predicted octanol–water partition coefficient (Wildman–Crippen LogP) is -0.0231. The zero-order valence-corrected chi connectivity index (χ0v) is 3.01. The lowest BCUT2D eigenvalue weighted by Crippen LogP contribution is -1.22.